The highest BCUT2D eigenvalue weighted by Crippen LogP contribution is 2.34. The summed E-state index contributed by atoms with van der Waals surface area (Å²) in [7, 11) is -3.03. The lowest BCUT2D eigenvalue weighted by molar-refractivity contribution is 0.0505. The number of benzene rings is 2. The minimum absolute atomic E-state index is 0.00855. The molecule has 3 aromatic rings. The standard InChI is InChI=1S/C25H25NO8S/c1-2-10-31-25(28)16-3-5-18(6-4-16)34-22-13-32-24-19(23(22)27)7-8-21-20(24)12-26(15-33-21)17-9-11-35(29,30)14-17/h3-8,13,17H,2,9-12,14-15H2,1H3/t17-/m1/s1. The van der Waals surface area contributed by atoms with Crippen molar-refractivity contribution in [3.05, 3.63) is 64.0 Å². The minimum atomic E-state index is -3.03. The Morgan fingerprint density at radius 1 is 1.17 bits per heavy atom. The van der Waals surface area contributed by atoms with Crippen molar-refractivity contribution in [1.29, 1.82) is 0 Å². The van der Waals surface area contributed by atoms with Crippen LogP contribution in [0.1, 0.15) is 35.7 Å². The van der Waals surface area contributed by atoms with Gasteiger partial charge in [0.2, 0.25) is 11.2 Å². The van der Waals surface area contributed by atoms with E-state index in [1.807, 2.05) is 11.8 Å². The van der Waals surface area contributed by atoms with Gasteiger partial charge in [0.25, 0.3) is 0 Å². The smallest absolute Gasteiger partial charge is 0.338 e. The normalized spacial score (nSPS) is 19.2. The second-order valence-electron chi connectivity index (χ2n) is 8.69. The summed E-state index contributed by atoms with van der Waals surface area (Å²) in [5.41, 5.74) is 1.14. The van der Waals surface area contributed by atoms with Gasteiger partial charge in [0, 0.05) is 12.6 Å². The molecule has 184 valence electrons. The molecule has 35 heavy (non-hydrogen) atoms. The number of fused-ring (bicyclic) bond motifs is 3. The molecule has 9 nitrogen and oxygen atoms in total. The van der Waals surface area contributed by atoms with Crippen molar-refractivity contribution in [2.24, 2.45) is 0 Å². The molecule has 5 rings (SSSR count). The molecule has 10 heteroatoms. The first-order chi connectivity index (χ1) is 16.8. The molecule has 1 atom stereocenters. The zero-order chi connectivity index (χ0) is 24.6. The van der Waals surface area contributed by atoms with Crippen LogP contribution in [0.15, 0.2) is 51.9 Å². The molecule has 2 aromatic carbocycles. The molecule has 1 saturated heterocycles. The highest BCUT2D eigenvalue weighted by atomic mass is 32.2. The molecule has 0 radical (unpaired) electrons. The van der Waals surface area contributed by atoms with E-state index in [-0.39, 0.29) is 35.5 Å². The van der Waals surface area contributed by atoms with Crippen molar-refractivity contribution >= 4 is 26.8 Å². The zero-order valence-corrected chi connectivity index (χ0v) is 20.0. The van der Waals surface area contributed by atoms with E-state index in [4.69, 9.17) is 18.6 Å². The Balaban J connectivity index is 1.38. The van der Waals surface area contributed by atoms with Crippen LogP contribution in [0, 0.1) is 0 Å². The van der Waals surface area contributed by atoms with Gasteiger partial charge in [-0.25, -0.2) is 13.2 Å². The van der Waals surface area contributed by atoms with E-state index in [9.17, 15) is 18.0 Å². The molecule has 0 saturated carbocycles. The lowest BCUT2D eigenvalue weighted by Gasteiger charge is -2.33. The highest BCUT2D eigenvalue weighted by molar-refractivity contribution is 7.91. The van der Waals surface area contributed by atoms with Crippen LogP contribution in [0.3, 0.4) is 0 Å². The van der Waals surface area contributed by atoms with Gasteiger partial charge >= 0.3 is 5.97 Å². The number of ether oxygens (including phenoxy) is 3. The number of sulfone groups is 1. The van der Waals surface area contributed by atoms with Crippen molar-refractivity contribution in [2.45, 2.75) is 32.4 Å². The Hall–Kier alpha value is -3.37. The molecular formula is C25H25NO8S. The van der Waals surface area contributed by atoms with Gasteiger partial charge < -0.3 is 18.6 Å². The Morgan fingerprint density at radius 3 is 2.69 bits per heavy atom. The summed E-state index contributed by atoms with van der Waals surface area (Å²) >= 11 is 0. The van der Waals surface area contributed by atoms with Gasteiger partial charge in [-0.3, -0.25) is 9.69 Å². The Bertz CT molecular complexity index is 1430. The SMILES string of the molecule is CCCOC(=O)c1ccc(Oc2coc3c4c(ccc3c2=O)OCN([C@@H]2CCS(=O)(=O)C2)C4)cc1. The quantitative estimate of drug-likeness (QED) is 0.470. The number of carbonyl (C=O) groups is 1. The van der Waals surface area contributed by atoms with Crippen LogP contribution in [0.2, 0.25) is 0 Å². The molecule has 2 aliphatic rings. The average Bonchev–Trinajstić information content (AvgIpc) is 3.23. The van der Waals surface area contributed by atoms with Gasteiger partial charge in [0.15, 0.2) is 9.84 Å². The molecule has 1 fully saturated rings. The molecule has 0 bridgehead atoms. The van der Waals surface area contributed by atoms with Crippen molar-refractivity contribution in [2.75, 3.05) is 24.8 Å². The molecule has 3 heterocycles. The van der Waals surface area contributed by atoms with Crippen LogP contribution < -0.4 is 14.9 Å². The van der Waals surface area contributed by atoms with Gasteiger partial charge in [-0.2, -0.15) is 0 Å². The van der Waals surface area contributed by atoms with E-state index in [1.165, 1.54) is 6.26 Å². The van der Waals surface area contributed by atoms with E-state index in [2.05, 4.69) is 0 Å². The van der Waals surface area contributed by atoms with Crippen LogP contribution in [-0.2, 0) is 21.1 Å². The summed E-state index contributed by atoms with van der Waals surface area (Å²) in [5, 5.41) is 0.338. The van der Waals surface area contributed by atoms with E-state index in [0.29, 0.717) is 53.2 Å². The molecule has 0 amide bonds. The monoisotopic (exact) mass is 499 g/mol. The molecular weight excluding hydrogens is 474 g/mol. The van der Waals surface area contributed by atoms with E-state index >= 15 is 0 Å². The summed E-state index contributed by atoms with van der Waals surface area (Å²) in [4.78, 5) is 27.1. The minimum Gasteiger partial charge on any atom is -0.478 e. The van der Waals surface area contributed by atoms with Crippen LogP contribution in [0.25, 0.3) is 11.0 Å². The van der Waals surface area contributed by atoms with Crippen LogP contribution in [0.4, 0.5) is 0 Å². The second-order valence-corrected chi connectivity index (χ2v) is 10.9. The summed E-state index contributed by atoms with van der Waals surface area (Å²) in [5.74, 6) is 0.852. The number of carbonyl (C=O) groups excluding carboxylic acids is 1. The first-order valence-corrected chi connectivity index (χ1v) is 13.3. The van der Waals surface area contributed by atoms with Gasteiger partial charge in [-0.1, -0.05) is 6.92 Å². The van der Waals surface area contributed by atoms with Crippen LogP contribution in [-0.4, -0.2) is 50.2 Å². The van der Waals surface area contributed by atoms with E-state index in [0.717, 1.165) is 6.42 Å². The zero-order valence-electron chi connectivity index (χ0n) is 19.2. The number of rotatable bonds is 6. The molecule has 0 N–H and O–H groups in total. The maximum atomic E-state index is 13.1. The number of nitrogens with zero attached hydrogens (tertiary/aromatic N) is 1. The second kappa shape index (κ2) is 9.35. The first-order valence-electron chi connectivity index (χ1n) is 11.4. The number of esters is 1. The molecule has 0 unspecified atom stereocenters. The third-order valence-corrected chi connectivity index (χ3v) is 7.95. The first kappa shape index (κ1) is 23.4. The highest BCUT2D eigenvalue weighted by Gasteiger charge is 2.35. The molecule has 2 aliphatic heterocycles. The fourth-order valence-corrected chi connectivity index (χ4v) is 6.10. The van der Waals surface area contributed by atoms with Crippen molar-refractivity contribution < 1.29 is 31.8 Å². The summed E-state index contributed by atoms with van der Waals surface area (Å²) in [6.07, 6.45) is 2.55. The van der Waals surface area contributed by atoms with Crippen LogP contribution >= 0.6 is 0 Å². The largest absolute Gasteiger partial charge is 0.478 e. The predicted octanol–water partition coefficient (Wildman–Crippen LogP) is 3.49. The van der Waals surface area contributed by atoms with E-state index < -0.39 is 15.8 Å². The van der Waals surface area contributed by atoms with Gasteiger partial charge in [0.1, 0.15) is 30.1 Å². The summed E-state index contributed by atoms with van der Waals surface area (Å²) < 4.78 is 46.3. The van der Waals surface area contributed by atoms with Crippen LogP contribution in [0.5, 0.6) is 17.2 Å². The summed E-state index contributed by atoms with van der Waals surface area (Å²) in [6, 6.07) is 9.54. The fourth-order valence-electron chi connectivity index (χ4n) is 4.34. The molecule has 0 aliphatic carbocycles. The Labute approximate surface area is 202 Å². The van der Waals surface area contributed by atoms with Gasteiger partial charge in [-0.15, -0.1) is 0 Å². The third-order valence-electron chi connectivity index (χ3n) is 6.20. The molecule has 0 spiro atoms. The van der Waals surface area contributed by atoms with E-state index in [1.54, 1.807) is 36.4 Å². The third kappa shape index (κ3) is 4.76. The van der Waals surface area contributed by atoms with Crippen molar-refractivity contribution in [3.8, 4) is 17.2 Å². The molecule has 1 aromatic heterocycles. The van der Waals surface area contributed by atoms with Crippen molar-refractivity contribution in [3.63, 3.8) is 0 Å². The van der Waals surface area contributed by atoms with Crippen molar-refractivity contribution in [1.82, 2.24) is 4.90 Å². The lowest BCUT2D eigenvalue weighted by Crippen LogP contribution is -2.41. The lowest BCUT2D eigenvalue weighted by atomic mass is 10.1. The predicted molar refractivity (Wildman–Crippen MR) is 128 cm³/mol. The topological polar surface area (TPSA) is 112 Å². The fraction of sp³-hybridized carbons (Fsp3) is 0.360. The van der Waals surface area contributed by atoms with Gasteiger partial charge in [-0.05, 0) is 49.2 Å². The van der Waals surface area contributed by atoms with Gasteiger partial charge in [0.05, 0.1) is 34.6 Å². The summed E-state index contributed by atoms with van der Waals surface area (Å²) in [6.45, 7) is 2.97. The average molecular weight is 500 g/mol. The Morgan fingerprint density at radius 2 is 1.97 bits per heavy atom. The number of hydrogen-bond acceptors (Lipinski definition) is 9. The Kier molecular flexibility index (Phi) is 6.24. The maximum absolute atomic E-state index is 13.1. The maximum Gasteiger partial charge on any atom is 0.338 e. The number of hydrogen-bond donors (Lipinski definition) is 0.